The predicted molar refractivity (Wildman–Crippen MR) is 73.7 cm³/mol. The molecule has 0 spiro atoms. The summed E-state index contributed by atoms with van der Waals surface area (Å²) in [5.74, 6) is 1.31. The van der Waals surface area contributed by atoms with Crippen molar-refractivity contribution < 1.29 is 17.3 Å². The van der Waals surface area contributed by atoms with Gasteiger partial charge in [-0.2, -0.15) is 0 Å². The van der Waals surface area contributed by atoms with Gasteiger partial charge in [0.05, 0.1) is 12.8 Å². The summed E-state index contributed by atoms with van der Waals surface area (Å²) >= 11 is 0. The van der Waals surface area contributed by atoms with Gasteiger partial charge in [-0.15, -0.1) is 0 Å². The second kappa shape index (κ2) is 6.25. The highest BCUT2D eigenvalue weighted by atomic mass is 32.2. The van der Waals surface area contributed by atoms with Crippen LogP contribution in [0.2, 0.25) is 0 Å². The lowest BCUT2D eigenvalue weighted by Crippen LogP contribution is -2.33. The summed E-state index contributed by atoms with van der Waals surface area (Å²) < 4.78 is 37.3. The maximum Gasteiger partial charge on any atom is 0.274 e. The first-order valence-corrected chi connectivity index (χ1v) is 7.77. The first-order valence-electron chi connectivity index (χ1n) is 6.29. The van der Waals surface area contributed by atoms with Crippen LogP contribution >= 0.6 is 0 Å². The van der Waals surface area contributed by atoms with Crippen LogP contribution in [0, 0.1) is 0 Å². The average molecular weight is 298 g/mol. The molecule has 2 aromatic heterocycles. The Balaban J connectivity index is 2.02. The average Bonchev–Trinajstić information content (AvgIpc) is 3.00. The minimum absolute atomic E-state index is 0.0750. The molecule has 2 aromatic rings. The fourth-order valence-electron chi connectivity index (χ4n) is 1.87. The van der Waals surface area contributed by atoms with E-state index < -0.39 is 10.0 Å². The zero-order chi connectivity index (χ0) is 14.6. The fraction of sp³-hybridized carbons (Fsp3) is 0.385. The Labute approximate surface area is 118 Å². The van der Waals surface area contributed by atoms with Crippen LogP contribution in [0.4, 0.5) is 0 Å². The third-order valence-electron chi connectivity index (χ3n) is 2.70. The number of rotatable bonds is 7. The molecule has 0 aliphatic heterocycles. The molecule has 0 saturated carbocycles. The molecule has 110 valence electrons. The molecular weight excluding hydrogens is 280 g/mol. The number of hydrogen-bond donors (Lipinski definition) is 2. The molecule has 0 fully saturated rings. The van der Waals surface area contributed by atoms with E-state index in [-0.39, 0.29) is 11.1 Å². The van der Waals surface area contributed by atoms with Crippen LogP contribution in [0.3, 0.4) is 0 Å². The van der Waals surface area contributed by atoms with Gasteiger partial charge in [0.1, 0.15) is 11.5 Å². The van der Waals surface area contributed by atoms with Gasteiger partial charge in [-0.25, -0.2) is 13.1 Å². The van der Waals surface area contributed by atoms with Crippen molar-refractivity contribution in [2.45, 2.75) is 31.0 Å². The Kier molecular flexibility index (Phi) is 4.64. The molecule has 1 atom stereocenters. The molecule has 0 saturated heterocycles. The lowest BCUT2D eigenvalue weighted by molar-refractivity contribution is 0.401. The van der Waals surface area contributed by atoms with Gasteiger partial charge in [-0.1, -0.05) is 0 Å². The smallest absolute Gasteiger partial charge is 0.274 e. The number of hydrogen-bond acceptors (Lipinski definition) is 5. The summed E-state index contributed by atoms with van der Waals surface area (Å²) in [7, 11) is -1.88. The van der Waals surface area contributed by atoms with E-state index >= 15 is 0 Å². The summed E-state index contributed by atoms with van der Waals surface area (Å²) in [4.78, 5) is 0. The van der Waals surface area contributed by atoms with Gasteiger partial charge < -0.3 is 14.2 Å². The molecular formula is C13H18N2O4S. The van der Waals surface area contributed by atoms with Crippen LogP contribution < -0.4 is 10.0 Å². The van der Waals surface area contributed by atoms with Crippen LogP contribution in [-0.4, -0.2) is 21.5 Å². The molecule has 0 aromatic carbocycles. The Morgan fingerprint density at radius 2 is 2.05 bits per heavy atom. The van der Waals surface area contributed by atoms with Gasteiger partial charge >= 0.3 is 0 Å². The Morgan fingerprint density at radius 1 is 1.25 bits per heavy atom. The first-order chi connectivity index (χ1) is 9.51. The van der Waals surface area contributed by atoms with Crippen molar-refractivity contribution in [2.24, 2.45) is 0 Å². The highest BCUT2D eigenvalue weighted by Gasteiger charge is 2.21. The molecule has 0 aliphatic rings. The first kappa shape index (κ1) is 14.8. The van der Waals surface area contributed by atoms with Crippen molar-refractivity contribution in [3.8, 4) is 0 Å². The largest absolute Gasteiger partial charge is 0.469 e. The number of furan rings is 2. The highest BCUT2D eigenvalue weighted by Crippen LogP contribution is 2.15. The molecule has 0 bridgehead atoms. The van der Waals surface area contributed by atoms with Crippen molar-refractivity contribution in [3.05, 3.63) is 42.0 Å². The molecule has 1 unspecified atom stereocenters. The summed E-state index contributed by atoms with van der Waals surface area (Å²) in [5, 5.41) is 2.82. The fourth-order valence-corrected chi connectivity index (χ4v) is 3.06. The highest BCUT2D eigenvalue weighted by molar-refractivity contribution is 7.89. The molecule has 0 aliphatic carbocycles. The van der Waals surface area contributed by atoms with E-state index in [1.54, 1.807) is 32.4 Å². The summed E-state index contributed by atoms with van der Waals surface area (Å²) in [6.45, 7) is 2.26. The molecule has 7 heteroatoms. The Morgan fingerprint density at radius 3 is 2.70 bits per heavy atom. The normalized spacial score (nSPS) is 13.5. The number of sulfonamides is 1. The van der Waals surface area contributed by atoms with E-state index in [1.165, 1.54) is 6.07 Å². The van der Waals surface area contributed by atoms with Crippen molar-refractivity contribution in [1.29, 1.82) is 0 Å². The molecule has 2 heterocycles. The second-order valence-corrected chi connectivity index (χ2v) is 6.20. The Hall–Kier alpha value is -1.57. The SMILES string of the molecule is CNCc1ccc(S(=O)(=O)NC(C)Cc2ccco2)o1. The van der Waals surface area contributed by atoms with Crippen molar-refractivity contribution in [1.82, 2.24) is 10.0 Å². The zero-order valence-electron chi connectivity index (χ0n) is 11.4. The van der Waals surface area contributed by atoms with Gasteiger partial charge in [0.2, 0.25) is 5.09 Å². The topological polar surface area (TPSA) is 84.5 Å². The van der Waals surface area contributed by atoms with Gasteiger partial charge in [-0.05, 0) is 38.2 Å². The maximum absolute atomic E-state index is 12.1. The lowest BCUT2D eigenvalue weighted by Gasteiger charge is -2.11. The van der Waals surface area contributed by atoms with E-state index in [2.05, 4.69) is 10.0 Å². The van der Waals surface area contributed by atoms with Crippen LogP contribution in [-0.2, 0) is 23.0 Å². The van der Waals surface area contributed by atoms with E-state index in [1.807, 2.05) is 6.07 Å². The monoisotopic (exact) mass is 298 g/mol. The van der Waals surface area contributed by atoms with E-state index in [9.17, 15) is 8.42 Å². The zero-order valence-corrected chi connectivity index (χ0v) is 12.2. The van der Waals surface area contributed by atoms with E-state index in [0.717, 1.165) is 5.76 Å². The molecule has 2 rings (SSSR count). The van der Waals surface area contributed by atoms with E-state index in [4.69, 9.17) is 8.83 Å². The van der Waals surface area contributed by atoms with Crippen LogP contribution in [0.15, 0.2) is 44.5 Å². The minimum Gasteiger partial charge on any atom is -0.469 e. The van der Waals surface area contributed by atoms with Gasteiger partial charge in [0.25, 0.3) is 10.0 Å². The van der Waals surface area contributed by atoms with Crippen LogP contribution in [0.5, 0.6) is 0 Å². The Bertz CT molecular complexity index is 631. The standard InChI is InChI=1S/C13H18N2O4S/c1-10(8-11-4-3-7-18-11)15-20(16,17)13-6-5-12(19-13)9-14-2/h3-7,10,14-15H,8-9H2,1-2H3. The number of nitrogens with one attached hydrogen (secondary N) is 2. The summed E-state index contributed by atoms with van der Waals surface area (Å²) in [5.41, 5.74) is 0. The minimum atomic E-state index is -3.65. The maximum atomic E-state index is 12.1. The van der Waals surface area contributed by atoms with Gasteiger partial charge in [0, 0.05) is 12.5 Å². The van der Waals surface area contributed by atoms with Gasteiger partial charge in [-0.3, -0.25) is 0 Å². The third-order valence-corrected chi connectivity index (χ3v) is 4.16. The second-order valence-electron chi connectivity index (χ2n) is 4.56. The predicted octanol–water partition coefficient (Wildman–Crippen LogP) is 1.50. The summed E-state index contributed by atoms with van der Waals surface area (Å²) in [6, 6.07) is 6.39. The summed E-state index contributed by atoms with van der Waals surface area (Å²) in [6.07, 6.45) is 2.05. The van der Waals surface area contributed by atoms with Gasteiger partial charge in [0.15, 0.2) is 0 Å². The molecule has 6 nitrogen and oxygen atoms in total. The van der Waals surface area contributed by atoms with Crippen molar-refractivity contribution in [2.75, 3.05) is 7.05 Å². The lowest BCUT2D eigenvalue weighted by atomic mass is 10.2. The van der Waals surface area contributed by atoms with Crippen LogP contribution in [0.25, 0.3) is 0 Å². The third kappa shape index (κ3) is 3.72. The molecule has 2 N–H and O–H groups in total. The quantitative estimate of drug-likeness (QED) is 0.809. The molecule has 20 heavy (non-hydrogen) atoms. The van der Waals surface area contributed by atoms with Crippen LogP contribution in [0.1, 0.15) is 18.4 Å². The molecule has 0 amide bonds. The van der Waals surface area contributed by atoms with Crippen molar-refractivity contribution in [3.63, 3.8) is 0 Å². The van der Waals surface area contributed by atoms with Crippen molar-refractivity contribution >= 4 is 10.0 Å². The van der Waals surface area contributed by atoms with E-state index in [0.29, 0.717) is 18.7 Å². The molecule has 0 radical (unpaired) electrons.